The SMILES string of the molecule is C[C]1CCC(C)C(C)(C)C1(C)C. The van der Waals surface area contributed by atoms with Gasteiger partial charge in [0.25, 0.3) is 0 Å². The van der Waals surface area contributed by atoms with E-state index in [4.69, 9.17) is 0 Å². The summed E-state index contributed by atoms with van der Waals surface area (Å²) >= 11 is 0. The van der Waals surface area contributed by atoms with Crippen molar-refractivity contribution in [2.75, 3.05) is 0 Å². The van der Waals surface area contributed by atoms with Crippen LogP contribution in [0.4, 0.5) is 0 Å². The van der Waals surface area contributed by atoms with Crippen LogP contribution in [-0.2, 0) is 0 Å². The third kappa shape index (κ3) is 1.20. The van der Waals surface area contributed by atoms with Gasteiger partial charge in [-0.3, -0.25) is 0 Å². The minimum atomic E-state index is 0.421. The average molecular weight is 167 g/mol. The molecule has 1 aliphatic carbocycles. The van der Waals surface area contributed by atoms with Gasteiger partial charge in [-0.2, -0.15) is 0 Å². The molecule has 1 atom stereocenters. The molecule has 0 aromatic heterocycles. The van der Waals surface area contributed by atoms with Crippen LogP contribution in [0, 0.1) is 22.7 Å². The molecule has 0 aromatic rings. The van der Waals surface area contributed by atoms with E-state index in [-0.39, 0.29) is 0 Å². The smallest absolute Gasteiger partial charge is 0.0210 e. The van der Waals surface area contributed by atoms with Crippen LogP contribution < -0.4 is 0 Å². The molecule has 0 heteroatoms. The molecule has 0 heterocycles. The van der Waals surface area contributed by atoms with Gasteiger partial charge >= 0.3 is 0 Å². The summed E-state index contributed by atoms with van der Waals surface area (Å²) < 4.78 is 0. The van der Waals surface area contributed by atoms with Crippen LogP contribution in [0.5, 0.6) is 0 Å². The second kappa shape index (κ2) is 2.75. The van der Waals surface area contributed by atoms with E-state index in [1.807, 2.05) is 0 Å². The van der Waals surface area contributed by atoms with Crippen LogP contribution in [0.15, 0.2) is 0 Å². The molecular weight excluding hydrogens is 144 g/mol. The molecule has 1 fully saturated rings. The molecule has 12 heavy (non-hydrogen) atoms. The van der Waals surface area contributed by atoms with Crippen LogP contribution >= 0.6 is 0 Å². The van der Waals surface area contributed by atoms with Crippen molar-refractivity contribution in [2.45, 2.75) is 54.4 Å². The summed E-state index contributed by atoms with van der Waals surface area (Å²) in [5, 5.41) is 0. The Morgan fingerprint density at radius 3 is 2.08 bits per heavy atom. The van der Waals surface area contributed by atoms with Crippen LogP contribution in [0.2, 0.25) is 0 Å². The Bertz CT molecular complexity index is 145. The first-order chi connectivity index (χ1) is 5.30. The van der Waals surface area contributed by atoms with Gasteiger partial charge in [0, 0.05) is 0 Å². The van der Waals surface area contributed by atoms with Crippen LogP contribution in [0.1, 0.15) is 54.4 Å². The minimum Gasteiger partial charge on any atom is -0.0620 e. The van der Waals surface area contributed by atoms with Crippen molar-refractivity contribution in [3.05, 3.63) is 5.92 Å². The zero-order valence-corrected chi connectivity index (χ0v) is 9.49. The lowest BCUT2D eigenvalue weighted by Crippen LogP contribution is -2.45. The topological polar surface area (TPSA) is 0 Å². The van der Waals surface area contributed by atoms with Crippen molar-refractivity contribution in [2.24, 2.45) is 16.7 Å². The molecule has 0 bridgehead atoms. The Labute approximate surface area is 77.7 Å². The fourth-order valence-corrected chi connectivity index (χ4v) is 2.27. The normalized spacial score (nSPS) is 35.0. The van der Waals surface area contributed by atoms with Crippen LogP contribution in [0.3, 0.4) is 0 Å². The van der Waals surface area contributed by atoms with E-state index in [1.54, 1.807) is 5.92 Å². The lowest BCUT2D eigenvalue weighted by Gasteiger charge is -2.53. The summed E-state index contributed by atoms with van der Waals surface area (Å²) in [7, 11) is 0. The third-order valence-corrected chi connectivity index (χ3v) is 4.86. The first-order valence-electron chi connectivity index (χ1n) is 5.13. The number of hydrogen-bond donors (Lipinski definition) is 0. The Hall–Kier alpha value is 0. The van der Waals surface area contributed by atoms with Crippen molar-refractivity contribution in [3.63, 3.8) is 0 Å². The first-order valence-corrected chi connectivity index (χ1v) is 5.13. The van der Waals surface area contributed by atoms with Crippen LogP contribution in [-0.4, -0.2) is 0 Å². The molecule has 0 aliphatic heterocycles. The molecule has 71 valence electrons. The molecule has 0 aromatic carbocycles. The standard InChI is InChI=1S/C12H23/c1-9-7-8-10(2)12(5,6)11(9,3)4/h9H,7-8H2,1-6H3. The minimum absolute atomic E-state index is 0.421. The molecule has 1 radical (unpaired) electrons. The Kier molecular flexibility index (Phi) is 2.31. The molecule has 0 N–H and O–H groups in total. The van der Waals surface area contributed by atoms with Gasteiger partial charge in [-0.25, -0.2) is 0 Å². The maximum Gasteiger partial charge on any atom is -0.0210 e. The van der Waals surface area contributed by atoms with Crippen molar-refractivity contribution in [1.29, 1.82) is 0 Å². The van der Waals surface area contributed by atoms with Gasteiger partial charge in [-0.1, -0.05) is 41.5 Å². The summed E-state index contributed by atoms with van der Waals surface area (Å²) in [6.45, 7) is 14.4. The van der Waals surface area contributed by atoms with Crippen molar-refractivity contribution >= 4 is 0 Å². The van der Waals surface area contributed by atoms with E-state index >= 15 is 0 Å². The van der Waals surface area contributed by atoms with Gasteiger partial charge in [-0.15, -0.1) is 0 Å². The molecule has 0 spiro atoms. The highest BCUT2D eigenvalue weighted by molar-refractivity contribution is 5.10. The summed E-state index contributed by atoms with van der Waals surface area (Å²) in [6, 6.07) is 0. The molecule has 1 aliphatic rings. The molecule has 0 nitrogen and oxygen atoms in total. The molecule has 0 amide bonds. The maximum atomic E-state index is 2.42. The Morgan fingerprint density at radius 1 is 1.17 bits per heavy atom. The molecule has 1 rings (SSSR count). The summed E-state index contributed by atoms with van der Waals surface area (Å²) in [4.78, 5) is 0. The highest BCUT2D eigenvalue weighted by atomic mass is 14.5. The highest BCUT2D eigenvalue weighted by Gasteiger charge is 2.47. The van der Waals surface area contributed by atoms with E-state index in [9.17, 15) is 0 Å². The molecule has 0 saturated heterocycles. The second-order valence-electron chi connectivity index (χ2n) is 5.57. The van der Waals surface area contributed by atoms with Gasteiger partial charge in [0.05, 0.1) is 0 Å². The maximum absolute atomic E-state index is 2.42. The summed E-state index contributed by atoms with van der Waals surface area (Å²) in [5.74, 6) is 2.54. The van der Waals surface area contributed by atoms with Crippen LogP contribution in [0.25, 0.3) is 0 Å². The lowest BCUT2D eigenvalue weighted by molar-refractivity contribution is 0.0217. The lowest BCUT2D eigenvalue weighted by atomic mass is 9.51. The van der Waals surface area contributed by atoms with Crippen molar-refractivity contribution in [1.82, 2.24) is 0 Å². The van der Waals surface area contributed by atoms with Gasteiger partial charge < -0.3 is 0 Å². The van der Waals surface area contributed by atoms with Crippen molar-refractivity contribution < 1.29 is 0 Å². The third-order valence-electron chi connectivity index (χ3n) is 4.86. The fourth-order valence-electron chi connectivity index (χ4n) is 2.27. The van der Waals surface area contributed by atoms with Gasteiger partial charge in [0.1, 0.15) is 0 Å². The van der Waals surface area contributed by atoms with Gasteiger partial charge in [-0.05, 0) is 35.5 Å². The van der Waals surface area contributed by atoms with E-state index < -0.39 is 0 Å². The highest BCUT2D eigenvalue weighted by Crippen LogP contribution is 2.56. The Balaban J connectivity index is 2.92. The van der Waals surface area contributed by atoms with Gasteiger partial charge in [0.2, 0.25) is 0 Å². The number of rotatable bonds is 0. The predicted molar refractivity (Wildman–Crippen MR) is 54.9 cm³/mol. The zero-order chi connectivity index (χ0) is 9.57. The molecule has 1 saturated carbocycles. The van der Waals surface area contributed by atoms with E-state index in [1.165, 1.54) is 12.8 Å². The summed E-state index contributed by atoms with van der Waals surface area (Å²) in [5.41, 5.74) is 0.889. The van der Waals surface area contributed by atoms with Gasteiger partial charge in [0.15, 0.2) is 0 Å². The number of hydrogen-bond acceptors (Lipinski definition) is 0. The van der Waals surface area contributed by atoms with Crippen molar-refractivity contribution in [3.8, 4) is 0 Å². The summed E-state index contributed by atoms with van der Waals surface area (Å²) in [6.07, 6.45) is 2.71. The predicted octanol–water partition coefficient (Wildman–Crippen LogP) is 4.06. The quantitative estimate of drug-likeness (QED) is 0.510. The fraction of sp³-hybridized carbons (Fsp3) is 0.917. The van der Waals surface area contributed by atoms with E-state index in [0.29, 0.717) is 10.8 Å². The zero-order valence-electron chi connectivity index (χ0n) is 9.49. The average Bonchev–Trinajstić information content (AvgIpc) is 1.96. The molecule has 1 unspecified atom stereocenters. The Morgan fingerprint density at radius 2 is 1.67 bits per heavy atom. The second-order valence-corrected chi connectivity index (χ2v) is 5.57. The largest absolute Gasteiger partial charge is 0.0620 e. The van der Waals surface area contributed by atoms with E-state index in [0.717, 1.165) is 5.92 Å². The monoisotopic (exact) mass is 167 g/mol. The molecular formula is C12H23. The van der Waals surface area contributed by atoms with E-state index in [2.05, 4.69) is 41.5 Å². The first kappa shape index (κ1) is 10.1.